The summed E-state index contributed by atoms with van der Waals surface area (Å²) in [5.74, 6) is -0.813. The second-order valence-electron chi connectivity index (χ2n) is 4.53. The fourth-order valence-electron chi connectivity index (χ4n) is 0.784. The van der Waals surface area contributed by atoms with Gasteiger partial charge in [-0.3, -0.25) is 0 Å². The zero-order valence-electron chi connectivity index (χ0n) is 9.46. The standard InChI is InChI=1S/C9H18N2O3S/c1-8(2,3)15-5-9(4,6(12)13)11-7(10)14/h5H2,1-4H3,(H,12,13)(H3,10,11,14). The van der Waals surface area contributed by atoms with Crippen LogP contribution in [-0.4, -0.2) is 33.1 Å². The van der Waals surface area contributed by atoms with E-state index in [4.69, 9.17) is 10.8 Å². The van der Waals surface area contributed by atoms with Crippen LogP contribution in [0.15, 0.2) is 0 Å². The van der Waals surface area contributed by atoms with Crippen LogP contribution < -0.4 is 11.1 Å². The molecule has 0 saturated carbocycles. The number of amides is 2. The zero-order chi connectivity index (χ0) is 12.3. The molecule has 0 bridgehead atoms. The first-order chi connectivity index (χ1) is 6.57. The Bertz CT molecular complexity index is 263. The summed E-state index contributed by atoms with van der Waals surface area (Å²) in [6, 6.07) is -0.825. The largest absolute Gasteiger partial charge is 0.479 e. The molecular formula is C9H18N2O3S. The Hall–Kier alpha value is -0.910. The highest BCUT2D eigenvalue weighted by atomic mass is 32.2. The quantitative estimate of drug-likeness (QED) is 0.677. The molecule has 1 unspecified atom stereocenters. The van der Waals surface area contributed by atoms with Gasteiger partial charge in [-0.1, -0.05) is 20.8 Å². The number of carboxylic acid groups (broad SMARTS) is 1. The molecule has 1 atom stereocenters. The number of aliphatic carboxylic acids is 1. The van der Waals surface area contributed by atoms with Gasteiger partial charge in [-0.25, -0.2) is 9.59 Å². The smallest absolute Gasteiger partial charge is 0.330 e. The molecule has 0 spiro atoms. The van der Waals surface area contributed by atoms with Gasteiger partial charge in [-0.2, -0.15) is 11.8 Å². The van der Waals surface area contributed by atoms with E-state index >= 15 is 0 Å². The molecule has 0 aromatic heterocycles. The SMILES string of the molecule is CC(C)(C)SCC(C)(NC(N)=O)C(=O)O. The molecule has 0 radical (unpaired) electrons. The number of thioether (sulfide) groups is 1. The van der Waals surface area contributed by atoms with Crippen LogP contribution >= 0.6 is 11.8 Å². The molecule has 6 heteroatoms. The van der Waals surface area contributed by atoms with Gasteiger partial charge in [0.05, 0.1) is 0 Å². The number of primary amides is 1. The third-order valence-corrected chi connectivity index (χ3v) is 3.25. The van der Waals surface area contributed by atoms with Crippen molar-refractivity contribution in [1.29, 1.82) is 0 Å². The number of carbonyl (C=O) groups is 2. The van der Waals surface area contributed by atoms with Crippen molar-refractivity contribution in [2.24, 2.45) is 5.73 Å². The minimum Gasteiger partial charge on any atom is -0.479 e. The Morgan fingerprint density at radius 1 is 1.33 bits per heavy atom. The minimum absolute atomic E-state index is 0.0595. The molecule has 4 N–H and O–H groups in total. The Kier molecular flexibility index (Phi) is 4.45. The van der Waals surface area contributed by atoms with Crippen LogP contribution in [0.5, 0.6) is 0 Å². The molecule has 15 heavy (non-hydrogen) atoms. The normalized spacial score (nSPS) is 15.5. The molecule has 0 aliphatic heterocycles. The van der Waals surface area contributed by atoms with E-state index in [0.717, 1.165) is 0 Å². The monoisotopic (exact) mass is 234 g/mol. The summed E-state index contributed by atoms with van der Waals surface area (Å²) in [6.45, 7) is 7.37. The van der Waals surface area contributed by atoms with Crippen LogP contribution in [0.4, 0.5) is 4.79 Å². The van der Waals surface area contributed by atoms with Crippen LogP contribution in [0.1, 0.15) is 27.7 Å². The summed E-state index contributed by atoms with van der Waals surface area (Å²) in [7, 11) is 0. The number of hydrogen-bond donors (Lipinski definition) is 3. The van der Waals surface area contributed by atoms with Crippen molar-refractivity contribution in [3.8, 4) is 0 Å². The van der Waals surface area contributed by atoms with Gasteiger partial charge in [0.1, 0.15) is 5.54 Å². The molecule has 0 heterocycles. The van der Waals surface area contributed by atoms with Crippen LogP contribution in [0.25, 0.3) is 0 Å². The fourth-order valence-corrected chi connectivity index (χ4v) is 1.70. The van der Waals surface area contributed by atoms with E-state index < -0.39 is 17.5 Å². The van der Waals surface area contributed by atoms with E-state index in [1.54, 1.807) is 0 Å². The first kappa shape index (κ1) is 14.1. The van der Waals surface area contributed by atoms with Gasteiger partial charge >= 0.3 is 12.0 Å². The zero-order valence-corrected chi connectivity index (χ0v) is 10.3. The summed E-state index contributed by atoms with van der Waals surface area (Å²) in [6.07, 6.45) is 0. The van der Waals surface area contributed by atoms with Crippen molar-refractivity contribution >= 4 is 23.8 Å². The Labute approximate surface area is 93.8 Å². The molecule has 5 nitrogen and oxygen atoms in total. The molecule has 0 aliphatic rings. The number of rotatable bonds is 4. The highest BCUT2D eigenvalue weighted by Gasteiger charge is 2.35. The topological polar surface area (TPSA) is 92.4 Å². The predicted octanol–water partition coefficient (Wildman–Crippen LogP) is 1.03. The summed E-state index contributed by atoms with van der Waals surface area (Å²) in [5, 5.41) is 11.2. The van der Waals surface area contributed by atoms with Gasteiger partial charge in [0.15, 0.2) is 0 Å². The van der Waals surface area contributed by atoms with Gasteiger partial charge in [-0.15, -0.1) is 0 Å². The van der Waals surface area contributed by atoms with Crippen molar-refractivity contribution in [2.45, 2.75) is 38.0 Å². The van der Waals surface area contributed by atoms with E-state index in [-0.39, 0.29) is 10.5 Å². The molecule has 0 aromatic rings. The summed E-state index contributed by atoms with van der Waals surface area (Å²) >= 11 is 1.46. The van der Waals surface area contributed by atoms with Gasteiger partial charge in [-0.05, 0) is 6.92 Å². The van der Waals surface area contributed by atoms with Crippen molar-refractivity contribution in [3.05, 3.63) is 0 Å². The van der Waals surface area contributed by atoms with E-state index in [0.29, 0.717) is 0 Å². The Balaban J connectivity index is 4.53. The molecule has 0 fully saturated rings. The van der Waals surface area contributed by atoms with Crippen LogP contribution in [-0.2, 0) is 4.79 Å². The molecular weight excluding hydrogens is 216 g/mol. The van der Waals surface area contributed by atoms with Gasteiger partial charge < -0.3 is 16.2 Å². The maximum absolute atomic E-state index is 11.0. The molecule has 0 rings (SSSR count). The van der Waals surface area contributed by atoms with Gasteiger partial charge in [0, 0.05) is 10.5 Å². The van der Waals surface area contributed by atoms with Crippen molar-refractivity contribution in [1.82, 2.24) is 5.32 Å². The lowest BCUT2D eigenvalue weighted by atomic mass is 10.1. The Morgan fingerprint density at radius 3 is 2.07 bits per heavy atom. The number of urea groups is 1. The van der Waals surface area contributed by atoms with Crippen molar-refractivity contribution < 1.29 is 14.7 Å². The predicted molar refractivity (Wildman–Crippen MR) is 61.0 cm³/mol. The van der Waals surface area contributed by atoms with Crippen LogP contribution in [0.3, 0.4) is 0 Å². The average molecular weight is 234 g/mol. The lowest BCUT2D eigenvalue weighted by Gasteiger charge is -2.28. The lowest BCUT2D eigenvalue weighted by Crippen LogP contribution is -2.56. The average Bonchev–Trinajstić information content (AvgIpc) is 1.98. The second kappa shape index (κ2) is 4.74. The minimum atomic E-state index is -1.32. The van der Waals surface area contributed by atoms with E-state index in [9.17, 15) is 9.59 Å². The molecule has 0 aliphatic carbocycles. The molecule has 0 aromatic carbocycles. The first-order valence-electron chi connectivity index (χ1n) is 4.52. The highest BCUT2D eigenvalue weighted by Crippen LogP contribution is 2.27. The lowest BCUT2D eigenvalue weighted by molar-refractivity contribution is -0.142. The highest BCUT2D eigenvalue weighted by molar-refractivity contribution is 8.00. The number of carbonyl (C=O) groups excluding carboxylic acids is 1. The van der Waals surface area contributed by atoms with E-state index in [1.165, 1.54) is 18.7 Å². The van der Waals surface area contributed by atoms with E-state index in [1.807, 2.05) is 20.8 Å². The van der Waals surface area contributed by atoms with Crippen LogP contribution in [0, 0.1) is 0 Å². The third-order valence-electron chi connectivity index (χ3n) is 1.66. The second-order valence-corrected chi connectivity index (χ2v) is 6.33. The van der Waals surface area contributed by atoms with Crippen LogP contribution in [0.2, 0.25) is 0 Å². The van der Waals surface area contributed by atoms with E-state index in [2.05, 4.69) is 5.32 Å². The number of carboxylic acids is 1. The summed E-state index contributed by atoms with van der Waals surface area (Å²) < 4.78 is -0.0595. The third kappa shape index (κ3) is 5.51. The fraction of sp³-hybridized carbons (Fsp3) is 0.778. The molecule has 0 saturated heterocycles. The number of nitrogens with one attached hydrogen (secondary N) is 1. The summed E-state index contributed by atoms with van der Waals surface area (Å²) in [5.41, 5.74) is 3.62. The van der Waals surface area contributed by atoms with Gasteiger partial charge in [0.25, 0.3) is 0 Å². The maximum atomic E-state index is 11.0. The Morgan fingerprint density at radius 2 is 1.80 bits per heavy atom. The number of nitrogens with two attached hydrogens (primary N) is 1. The van der Waals surface area contributed by atoms with Crippen molar-refractivity contribution in [2.75, 3.05) is 5.75 Å². The van der Waals surface area contributed by atoms with Gasteiger partial charge in [0.2, 0.25) is 0 Å². The first-order valence-corrected chi connectivity index (χ1v) is 5.50. The molecule has 88 valence electrons. The number of hydrogen-bond acceptors (Lipinski definition) is 3. The molecule has 2 amide bonds. The maximum Gasteiger partial charge on any atom is 0.330 e. The summed E-state index contributed by atoms with van der Waals surface area (Å²) in [4.78, 5) is 21.7. The van der Waals surface area contributed by atoms with Crippen molar-refractivity contribution in [3.63, 3.8) is 0 Å².